The van der Waals surface area contributed by atoms with Crippen LogP contribution in [-0.2, 0) is 6.54 Å². The third-order valence-electron chi connectivity index (χ3n) is 4.21. The molecule has 1 aromatic carbocycles. The zero-order chi connectivity index (χ0) is 13.7. The zero-order valence-electron chi connectivity index (χ0n) is 11.5. The Bertz CT molecular complexity index is 439. The minimum Gasteiger partial charge on any atom is -0.310 e. The molecular weight excluding hydrogens is 239 g/mol. The van der Waals surface area contributed by atoms with Gasteiger partial charge in [0.2, 0.25) is 0 Å². The highest BCUT2D eigenvalue weighted by Crippen LogP contribution is 2.38. The van der Waals surface area contributed by atoms with Crippen molar-refractivity contribution >= 4 is 0 Å². The Kier molecular flexibility index (Phi) is 4.55. The van der Waals surface area contributed by atoms with Gasteiger partial charge in [0.05, 0.1) is 6.07 Å². The Morgan fingerprint density at radius 1 is 1.32 bits per heavy atom. The molecule has 1 aliphatic carbocycles. The van der Waals surface area contributed by atoms with Gasteiger partial charge < -0.3 is 5.32 Å². The Labute approximate surface area is 114 Å². The van der Waals surface area contributed by atoms with Crippen molar-refractivity contribution in [3.63, 3.8) is 0 Å². The average molecular weight is 260 g/mol. The summed E-state index contributed by atoms with van der Waals surface area (Å²) in [6.45, 7) is 3.01. The van der Waals surface area contributed by atoms with Crippen LogP contribution >= 0.6 is 0 Å². The number of nitrogens with zero attached hydrogens (tertiary/aromatic N) is 1. The molecule has 0 bridgehead atoms. The highest BCUT2D eigenvalue weighted by Gasteiger charge is 2.30. The lowest BCUT2D eigenvalue weighted by Gasteiger charge is -2.36. The van der Waals surface area contributed by atoms with Gasteiger partial charge in [-0.2, -0.15) is 5.26 Å². The number of nitriles is 1. The van der Waals surface area contributed by atoms with E-state index in [0.29, 0.717) is 12.5 Å². The van der Waals surface area contributed by atoms with Gasteiger partial charge in [0.25, 0.3) is 0 Å². The predicted octanol–water partition coefficient (Wildman–Crippen LogP) is 3.78. The summed E-state index contributed by atoms with van der Waals surface area (Å²) in [4.78, 5) is 0. The van der Waals surface area contributed by atoms with Crippen molar-refractivity contribution in [3.8, 4) is 6.07 Å². The summed E-state index contributed by atoms with van der Waals surface area (Å²) in [6, 6.07) is 9.48. The third-order valence-corrected chi connectivity index (χ3v) is 4.21. The normalized spacial score (nSPS) is 26.9. The third kappa shape index (κ3) is 4.04. The van der Waals surface area contributed by atoms with Crippen LogP contribution in [0.25, 0.3) is 0 Å². The topological polar surface area (TPSA) is 35.8 Å². The van der Waals surface area contributed by atoms with E-state index in [-0.39, 0.29) is 11.2 Å². The number of halogens is 1. The van der Waals surface area contributed by atoms with E-state index in [1.165, 1.54) is 12.1 Å². The summed E-state index contributed by atoms with van der Waals surface area (Å²) >= 11 is 0. The smallest absolute Gasteiger partial charge is 0.123 e. The fraction of sp³-hybridized carbons (Fsp3) is 0.562. The SMILES string of the molecule is C[C@]1(CC#N)CC[C@H](NCc2ccc(F)cc2)CC1. The monoisotopic (exact) mass is 260 g/mol. The Hall–Kier alpha value is -1.40. The molecule has 0 aromatic heterocycles. The molecule has 19 heavy (non-hydrogen) atoms. The van der Waals surface area contributed by atoms with Crippen LogP contribution in [0.3, 0.4) is 0 Å². The van der Waals surface area contributed by atoms with E-state index < -0.39 is 0 Å². The minimum atomic E-state index is -0.186. The maximum absolute atomic E-state index is 12.8. The van der Waals surface area contributed by atoms with Crippen molar-refractivity contribution in [1.82, 2.24) is 5.32 Å². The molecule has 2 rings (SSSR count). The van der Waals surface area contributed by atoms with Crippen LogP contribution in [0.4, 0.5) is 4.39 Å². The van der Waals surface area contributed by atoms with Crippen molar-refractivity contribution in [2.45, 2.75) is 51.6 Å². The first-order chi connectivity index (χ1) is 9.11. The first-order valence-corrected chi connectivity index (χ1v) is 6.96. The Morgan fingerprint density at radius 2 is 1.95 bits per heavy atom. The molecule has 102 valence electrons. The second kappa shape index (κ2) is 6.16. The molecule has 2 nitrogen and oxygen atoms in total. The van der Waals surface area contributed by atoms with E-state index in [1.54, 1.807) is 0 Å². The minimum absolute atomic E-state index is 0.186. The van der Waals surface area contributed by atoms with E-state index in [0.717, 1.165) is 37.8 Å². The van der Waals surface area contributed by atoms with Crippen LogP contribution in [0.5, 0.6) is 0 Å². The predicted molar refractivity (Wildman–Crippen MR) is 73.8 cm³/mol. The molecule has 0 saturated heterocycles. The summed E-state index contributed by atoms with van der Waals surface area (Å²) in [7, 11) is 0. The largest absolute Gasteiger partial charge is 0.310 e. The molecular formula is C16H21FN2. The number of benzene rings is 1. The fourth-order valence-electron chi connectivity index (χ4n) is 2.75. The standard InChI is InChI=1S/C16H21FN2/c1-16(10-11-18)8-6-15(7-9-16)19-12-13-2-4-14(17)5-3-13/h2-5,15,19H,6-10,12H2,1H3/t15-,16-. The van der Waals surface area contributed by atoms with Gasteiger partial charge in [-0.1, -0.05) is 19.1 Å². The number of nitrogens with one attached hydrogen (secondary N) is 1. The zero-order valence-corrected chi connectivity index (χ0v) is 11.5. The molecule has 0 atom stereocenters. The highest BCUT2D eigenvalue weighted by molar-refractivity contribution is 5.15. The lowest BCUT2D eigenvalue weighted by molar-refractivity contribution is 0.188. The number of hydrogen-bond donors (Lipinski definition) is 1. The van der Waals surface area contributed by atoms with Gasteiger partial charge >= 0.3 is 0 Å². The van der Waals surface area contributed by atoms with E-state index in [4.69, 9.17) is 5.26 Å². The average Bonchev–Trinajstić information content (AvgIpc) is 2.40. The van der Waals surface area contributed by atoms with Gasteiger partial charge in [0.15, 0.2) is 0 Å². The van der Waals surface area contributed by atoms with Gasteiger partial charge in [-0.15, -0.1) is 0 Å². The van der Waals surface area contributed by atoms with Crippen LogP contribution in [0.15, 0.2) is 24.3 Å². The van der Waals surface area contributed by atoms with Crippen molar-refractivity contribution in [1.29, 1.82) is 5.26 Å². The molecule has 1 N–H and O–H groups in total. The molecule has 1 fully saturated rings. The summed E-state index contributed by atoms with van der Waals surface area (Å²) in [5.74, 6) is -0.186. The maximum Gasteiger partial charge on any atom is 0.123 e. The number of hydrogen-bond acceptors (Lipinski definition) is 2. The van der Waals surface area contributed by atoms with E-state index in [9.17, 15) is 4.39 Å². The van der Waals surface area contributed by atoms with Gasteiger partial charge in [0.1, 0.15) is 5.82 Å². The van der Waals surface area contributed by atoms with Crippen molar-refractivity contribution < 1.29 is 4.39 Å². The van der Waals surface area contributed by atoms with Gasteiger partial charge in [-0.25, -0.2) is 4.39 Å². The van der Waals surface area contributed by atoms with Crippen LogP contribution in [-0.4, -0.2) is 6.04 Å². The summed E-state index contributed by atoms with van der Waals surface area (Å²) in [5.41, 5.74) is 1.33. The molecule has 0 amide bonds. The summed E-state index contributed by atoms with van der Waals surface area (Å²) in [5, 5.41) is 12.4. The molecule has 0 radical (unpaired) electrons. The quantitative estimate of drug-likeness (QED) is 0.894. The van der Waals surface area contributed by atoms with E-state index >= 15 is 0 Å². The molecule has 1 aromatic rings. The highest BCUT2D eigenvalue weighted by atomic mass is 19.1. The van der Waals surface area contributed by atoms with E-state index in [1.807, 2.05) is 12.1 Å². The second-order valence-electron chi connectivity index (χ2n) is 5.93. The van der Waals surface area contributed by atoms with Crippen molar-refractivity contribution in [2.75, 3.05) is 0 Å². The van der Waals surface area contributed by atoms with Gasteiger partial charge in [0, 0.05) is 19.0 Å². The Balaban J connectivity index is 1.77. The fourth-order valence-corrected chi connectivity index (χ4v) is 2.75. The first-order valence-electron chi connectivity index (χ1n) is 6.96. The molecule has 0 unspecified atom stereocenters. The first kappa shape index (κ1) is 14.0. The maximum atomic E-state index is 12.8. The second-order valence-corrected chi connectivity index (χ2v) is 5.93. The molecule has 0 heterocycles. The van der Waals surface area contributed by atoms with Gasteiger partial charge in [-0.3, -0.25) is 0 Å². The van der Waals surface area contributed by atoms with Crippen LogP contribution in [0.1, 0.15) is 44.6 Å². The number of rotatable bonds is 4. The van der Waals surface area contributed by atoms with Crippen LogP contribution in [0, 0.1) is 22.6 Å². The molecule has 1 aliphatic rings. The summed E-state index contributed by atoms with van der Waals surface area (Å²) < 4.78 is 12.8. The summed E-state index contributed by atoms with van der Waals surface area (Å²) in [6.07, 6.45) is 5.14. The van der Waals surface area contributed by atoms with Gasteiger partial charge in [-0.05, 0) is 48.8 Å². The lowest BCUT2D eigenvalue weighted by Crippen LogP contribution is -2.36. The van der Waals surface area contributed by atoms with Crippen LogP contribution in [0.2, 0.25) is 0 Å². The molecule has 0 aliphatic heterocycles. The molecule has 1 saturated carbocycles. The van der Waals surface area contributed by atoms with Crippen molar-refractivity contribution in [2.24, 2.45) is 5.41 Å². The lowest BCUT2D eigenvalue weighted by atomic mass is 9.72. The Morgan fingerprint density at radius 3 is 2.53 bits per heavy atom. The van der Waals surface area contributed by atoms with Crippen LogP contribution < -0.4 is 5.32 Å². The molecule has 0 spiro atoms. The van der Waals surface area contributed by atoms with Crippen molar-refractivity contribution in [3.05, 3.63) is 35.6 Å². The van der Waals surface area contributed by atoms with E-state index in [2.05, 4.69) is 18.3 Å². The molecule has 3 heteroatoms.